The third-order valence-corrected chi connectivity index (χ3v) is 2.79. The lowest BCUT2D eigenvalue weighted by molar-refractivity contribution is -0.124. The van der Waals surface area contributed by atoms with E-state index in [1.807, 2.05) is 36.4 Å². The van der Waals surface area contributed by atoms with Crippen LogP contribution in [-0.2, 0) is 4.79 Å². The molecule has 0 fully saturated rings. The van der Waals surface area contributed by atoms with Crippen LogP contribution in [0.1, 0.15) is 13.8 Å². The van der Waals surface area contributed by atoms with Crippen LogP contribution < -0.4 is 21.9 Å². The fraction of sp³-hybridized carbons (Fsp3) is 0.214. The van der Waals surface area contributed by atoms with Crippen LogP contribution in [0.2, 0.25) is 0 Å². The number of thiocarbonyl (C=S) groups is 1. The molecule has 7 heteroatoms. The molecule has 0 unspecified atom stereocenters. The van der Waals surface area contributed by atoms with E-state index in [1.54, 1.807) is 13.8 Å². The number of carbonyl (C=O) groups is 1. The van der Waals surface area contributed by atoms with Crippen molar-refractivity contribution < 1.29 is 4.79 Å². The van der Waals surface area contributed by atoms with Crippen molar-refractivity contribution in [3.05, 3.63) is 41.7 Å². The minimum Gasteiger partial charge on any atom is -0.383 e. The van der Waals surface area contributed by atoms with Crippen LogP contribution in [0.5, 0.6) is 0 Å². The largest absolute Gasteiger partial charge is 0.383 e. The van der Waals surface area contributed by atoms with E-state index in [4.69, 9.17) is 23.2 Å². The van der Waals surface area contributed by atoms with Gasteiger partial charge in [-0.2, -0.15) is 5.26 Å². The number of para-hydroxylation sites is 1. The molecule has 110 valence electrons. The first-order valence-corrected chi connectivity index (χ1v) is 6.68. The van der Waals surface area contributed by atoms with Gasteiger partial charge in [0.15, 0.2) is 0 Å². The fourth-order valence-electron chi connectivity index (χ4n) is 1.28. The van der Waals surface area contributed by atoms with Crippen LogP contribution in [0.15, 0.2) is 41.7 Å². The average molecular weight is 303 g/mol. The molecule has 0 atom stereocenters. The third kappa shape index (κ3) is 5.12. The van der Waals surface area contributed by atoms with Crippen LogP contribution in [0.4, 0.5) is 5.69 Å². The molecule has 0 heterocycles. The number of nitriles is 1. The molecule has 1 aromatic carbocycles. The SMILES string of the molecule is CC(C)C(=O)NN/C(N)=C(/C#N)C(=S)Nc1ccccc1. The Kier molecular flexibility index (Phi) is 6.17. The summed E-state index contributed by atoms with van der Waals surface area (Å²) in [6.07, 6.45) is 0. The maximum absolute atomic E-state index is 11.4. The van der Waals surface area contributed by atoms with Crippen molar-refractivity contribution in [3.63, 3.8) is 0 Å². The number of nitrogens with two attached hydrogens (primary N) is 1. The zero-order chi connectivity index (χ0) is 15.8. The van der Waals surface area contributed by atoms with Gasteiger partial charge in [0.25, 0.3) is 0 Å². The molecular formula is C14H17N5OS. The summed E-state index contributed by atoms with van der Waals surface area (Å²) in [5.41, 5.74) is 11.4. The lowest BCUT2D eigenvalue weighted by Crippen LogP contribution is -2.42. The molecule has 0 spiro atoms. The molecular weight excluding hydrogens is 286 g/mol. The molecule has 1 amide bonds. The molecule has 0 bridgehead atoms. The fourth-order valence-corrected chi connectivity index (χ4v) is 1.56. The van der Waals surface area contributed by atoms with Crippen molar-refractivity contribution >= 4 is 28.8 Å². The Morgan fingerprint density at radius 1 is 1.29 bits per heavy atom. The first kappa shape index (κ1) is 16.5. The Hall–Kier alpha value is -2.59. The van der Waals surface area contributed by atoms with E-state index in [0.717, 1.165) is 5.69 Å². The number of nitrogens with zero attached hydrogens (tertiary/aromatic N) is 1. The molecule has 0 aromatic heterocycles. The van der Waals surface area contributed by atoms with Gasteiger partial charge in [-0.15, -0.1) is 0 Å². The summed E-state index contributed by atoms with van der Waals surface area (Å²) >= 11 is 5.14. The third-order valence-electron chi connectivity index (χ3n) is 2.48. The van der Waals surface area contributed by atoms with Crippen LogP contribution in [-0.4, -0.2) is 10.9 Å². The standard InChI is InChI=1S/C14H17N5OS/c1-9(2)13(20)19-18-12(16)11(8-15)14(21)17-10-6-4-3-5-7-10/h3-7,9,18H,16H2,1-2H3,(H,17,21)(H,19,20)/b12-11-. The first-order chi connectivity index (χ1) is 9.95. The number of hydrogen-bond donors (Lipinski definition) is 4. The Balaban J connectivity index is 2.76. The van der Waals surface area contributed by atoms with Crippen molar-refractivity contribution in [1.29, 1.82) is 5.26 Å². The van der Waals surface area contributed by atoms with Crippen molar-refractivity contribution in [1.82, 2.24) is 10.9 Å². The number of rotatable bonds is 5. The first-order valence-electron chi connectivity index (χ1n) is 6.27. The van der Waals surface area contributed by atoms with Gasteiger partial charge in [-0.3, -0.25) is 15.6 Å². The number of anilines is 1. The van der Waals surface area contributed by atoms with Crippen molar-refractivity contribution in [2.24, 2.45) is 11.7 Å². The topological polar surface area (TPSA) is 103 Å². The lowest BCUT2D eigenvalue weighted by atomic mass is 10.2. The quantitative estimate of drug-likeness (QED) is 0.284. The molecule has 0 radical (unpaired) electrons. The van der Waals surface area contributed by atoms with Crippen molar-refractivity contribution in [3.8, 4) is 6.07 Å². The van der Waals surface area contributed by atoms with Crippen molar-refractivity contribution in [2.75, 3.05) is 5.32 Å². The highest BCUT2D eigenvalue weighted by Gasteiger charge is 2.12. The Labute approximate surface area is 129 Å². The highest BCUT2D eigenvalue weighted by Crippen LogP contribution is 2.09. The minimum atomic E-state index is -0.239. The number of nitrogens with one attached hydrogen (secondary N) is 3. The molecule has 0 aliphatic carbocycles. The lowest BCUT2D eigenvalue weighted by Gasteiger charge is -2.13. The Morgan fingerprint density at radius 2 is 1.90 bits per heavy atom. The highest BCUT2D eigenvalue weighted by molar-refractivity contribution is 7.81. The van der Waals surface area contributed by atoms with Gasteiger partial charge in [-0.1, -0.05) is 44.3 Å². The summed E-state index contributed by atoms with van der Waals surface area (Å²) < 4.78 is 0. The summed E-state index contributed by atoms with van der Waals surface area (Å²) in [5, 5.41) is 12.1. The maximum atomic E-state index is 11.4. The van der Waals surface area contributed by atoms with Gasteiger partial charge in [0.1, 0.15) is 22.5 Å². The second-order valence-corrected chi connectivity index (χ2v) is 4.90. The summed E-state index contributed by atoms with van der Waals surface area (Å²) in [6.45, 7) is 3.48. The van der Waals surface area contributed by atoms with Crippen molar-refractivity contribution in [2.45, 2.75) is 13.8 Å². The molecule has 0 saturated heterocycles. The number of amides is 1. The van der Waals surface area contributed by atoms with E-state index < -0.39 is 0 Å². The predicted molar refractivity (Wildman–Crippen MR) is 85.6 cm³/mol. The second kappa shape index (κ2) is 7.87. The molecule has 6 nitrogen and oxygen atoms in total. The zero-order valence-electron chi connectivity index (χ0n) is 11.8. The zero-order valence-corrected chi connectivity index (χ0v) is 12.6. The Bertz CT molecular complexity index is 589. The van der Waals surface area contributed by atoms with Gasteiger partial charge in [0.2, 0.25) is 5.91 Å². The number of hydrazine groups is 1. The van der Waals surface area contributed by atoms with Gasteiger partial charge >= 0.3 is 0 Å². The molecule has 5 N–H and O–H groups in total. The number of benzene rings is 1. The highest BCUT2D eigenvalue weighted by atomic mass is 32.1. The molecule has 1 aromatic rings. The van der Waals surface area contributed by atoms with Gasteiger partial charge in [0, 0.05) is 11.6 Å². The summed E-state index contributed by atoms with van der Waals surface area (Å²) in [6, 6.07) is 11.1. The second-order valence-electron chi connectivity index (χ2n) is 4.49. The smallest absolute Gasteiger partial charge is 0.240 e. The van der Waals surface area contributed by atoms with Crippen LogP contribution in [0, 0.1) is 17.2 Å². The minimum absolute atomic E-state index is 0.0140. The predicted octanol–water partition coefficient (Wildman–Crippen LogP) is 1.40. The monoisotopic (exact) mass is 303 g/mol. The van der Waals surface area contributed by atoms with Gasteiger partial charge in [0.05, 0.1) is 0 Å². The van der Waals surface area contributed by atoms with E-state index in [9.17, 15) is 4.79 Å². The average Bonchev–Trinajstić information content (AvgIpc) is 2.46. The molecule has 1 rings (SSSR count). The van der Waals surface area contributed by atoms with Gasteiger partial charge in [-0.05, 0) is 12.1 Å². The van der Waals surface area contributed by atoms with E-state index in [1.165, 1.54) is 0 Å². The summed E-state index contributed by atoms with van der Waals surface area (Å²) in [7, 11) is 0. The normalized spacial score (nSPS) is 11.1. The maximum Gasteiger partial charge on any atom is 0.240 e. The molecule has 21 heavy (non-hydrogen) atoms. The van der Waals surface area contributed by atoms with Crippen LogP contribution in [0.25, 0.3) is 0 Å². The van der Waals surface area contributed by atoms with Crippen LogP contribution >= 0.6 is 12.2 Å². The number of hydrogen-bond acceptors (Lipinski definition) is 5. The van der Waals surface area contributed by atoms with Gasteiger partial charge < -0.3 is 11.1 Å². The number of carbonyl (C=O) groups excluding carboxylic acids is 1. The van der Waals surface area contributed by atoms with Crippen LogP contribution in [0.3, 0.4) is 0 Å². The summed E-state index contributed by atoms with van der Waals surface area (Å²) in [5.74, 6) is -0.456. The van der Waals surface area contributed by atoms with E-state index in [0.29, 0.717) is 0 Å². The van der Waals surface area contributed by atoms with E-state index in [-0.39, 0.29) is 28.2 Å². The van der Waals surface area contributed by atoms with E-state index in [2.05, 4.69) is 16.2 Å². The summed E-state index contributed by atoms with van der Waals surface area (Å²) in [4.78, 5) is 11.6. The Morgan fingerprint density at radius 3 is 2.43 bits per heavy atom. The van der Waals surface area contributed by atoms with E-state index >= 15 is 0 Å². The molecule has 0 aliphatic heterocycles. The molecule has 0 saturated carbocycles. The van der Waals surface area contributed by atoms with Gasteiger partial charge in [-0.25, -0.2) is 0 Å². The molecule has 0 aliphatic rings.